The van der Waals surface area contributed by atoms with Crippen LogP contribution in [0.2, 0.25) is 0 Å². The molecule has 13 heteroatoms. The predicted octanol–water partition coefficient (Wildman–Crippen LogP) is -0.112. The highest BCUT2D eigenvalue weighted by Crippen LogP contribution is 2.44. The van der Waals surface area contributed by atoms with E-state index in [1.807, 2.05) is 0 Å². The monoisotopic (exact) mass is 392 g/mol. The second kappa shape index (κ2) is 7.25. The zero-order chi connectivity index (χ0) is 18.2. The number of phosphoric ester groups is 1. The summed E-state index contributed by atoms with van der Waals surface area (Å²) in [4.78, 5) is 30.3. The van der Waals surface area contributed by atoms with Crippen LogP contribution in [0.15, 0.2) is 17.7 Å². The minimum atomic E-state index is -4.84. The van der Waals surface area contributed by atoms with Crippen molar-refractivity contribution < 1.29 is 33.5 Å². The first-order valence-corrected chi connectivity index (χ1v) is 9.31. The van der Waals surface area contributed by atoms with Crippen molar-refractivity contribution in [1.82, 2.24) is 19.5 Å². The van der Waals surface area contributed by atoms with E-state index in [2.05, 4.69) is 27.6 Å². The summed E-state index contributed by atoms with van der Waals surface area (Å²) in [5.74, 6) is 0. The number of imidazole rings is 1. The van der Waals surface area contributed by atoms with Crippen LogP contribution in [0.4, 0.5) is 0 Å². The Morgan fingerprint density at radius 2 is 2.16 bits per heavy atom. The van der Waals surface area contributed by atoms with Gasteiger partial charge in [0.25, 0.3) is 0 Å². The minimum absolute atomic E-state index is 0.00580. The van der Waals surface area contributed by atoms with Crippen molar-refractivity contribution in [3.05, 3.63) is 12.7 Å². The Morgan fingerprint density at radius 3 is 2.84 bits per heavy atom. The lowest BCUT2D eigenvalue weighted by Gasteiger charge is -2.20. The number of thiol groups is 1. The standard InChI is InChI=1S/C12H17N4O7PS/c1-2-21-3-6-9(23-24(18,19)20)8(17)12(22-6)16-5-15-7-10(16)13-4-14-11(7)25/h4-6,8-9,12,17H,2-3H2,1H3,(H,13,14,25)(H2,18,19,20)/t6-,8-,9-,12-/m1/s1. The normalized spacial score (nSPS) is 27.2. The molecule has 0 amide bonds. The van der Waals surface area contributed by atoms with E-state index < -0.39 is 32.4 Å². The molecule has 0 aromatic carbocycles. The Labute approximate surface area is 147 Å². The van der Waals surface area contributed by atoms with Crippen LogP contribution in [-0.4, -0.2) is 65.9 Å². The van der Waals surface area contributed by atoms with Crippen molar-refractivity contribution >= 4 is 31.6 Å². The first-order valence-electron chi connectivity index (χ1n) is 7.33. The molecule has 2 aromatic rings. The summed E-state index contributed by atoms with van der Waals surface area (Å²) in [7, 11) is -4.84. The number of phosphoric acid groups is 1. The molecular weight excluding hydrogens is 375 g/mol. The molecule has 2 aromatic heterocycles. The number of hydrogen-bond acceptors (Lipinski definition) is 9. The van der Waals surface area contributed by atoms with Gasteiger partial charge in [-0.3, -0.25) is 9.09 Å². The Bertz CT molecular complexity index is 799. The molecule has 25 heavy (non-hydrogen) atoms. The molecular formula is C12H17N4O7PS. The van der Waals surface area contributed by atoms with E-state index in [4.69, 9.17) is 23.8 Å². The molecule has 0 radical (unpaired) electrons. The molecule has 1 saturated heterocycles. The van der Waals surface area contributed by atoms with Crippen LogP contribution in [0, 0.1) is 0 Å². The van der Waals surface area contributed by atoms with Crippen LogP contribution in [0.5, 0.6) is 0 Å². The van der Waals surface area contributed by atoms with Gasteiger partial charge in [-0.15, -0.1) is 12.6 Å². The fraction of sp³-hybridized carbons (Fsp3) is 0.583. The third kappa shape index (κ3) is 3.86. The fourth-order valence-corrected chi connectivity index (χ4v) is 3.42. The highest BCUT2D eigenvalue weighted by Gasteiger charge is 2.48. The SMILES string of the molecule is CCOC[C@H]1O[C@@H](n2cnc3c(S)ncnc32)[C@H](O)[C@@H]1OP(=O)(O)O. The molecule has 1 aliphatic heterocycles. The molecule has 138 valence electrons. The number of nitrogens with zero attached hydrogens (tertiary/aromatic N) is 4. The first kappa shape index (κ1) is 18.7. The fourth-order valence-electron chi connectivity index (χ4n) is 2.63. The Hall–Kier alpha value is -1.11. The van der Waals surface area contributed by atoms with Gasteiger partial charge in [-0.2, -0.15) is 0 Å². The highest BCUT2D eigenvalue weighted by atomic mass is 32.1. The van der Waals surface area contributed by atoms with E-state index in [9.17, 15) is 9.67 Å². The van der Waals surface area contributed by atoms with E-state index in [0.29, 0.717) is 22.8 Å². The number of rotatable bonds is 6. The molecule has 0 bridgehead atoms. The van der Waals surface area contributed by atoms with Crippen molar-refractivity contribution in [3.63, 3.8) is 0 Å². The van der Waals surface area contributed by atoms with Crippen molar-refractivity contribution in [2.45, 2.75) is 36.5 Å². The maximum absolute atomic E-state index is 11.2. The summed E-state index contributed by atoms with van der Waals surface area (Å²) in [6, 6.07) is 0. The maximum Gasteiger partial charge on any atom is 0.470 e. The minimum Gasteiger partial charge on any atom is -0.386 e. The second-order valence-electron chi connectivity index (χ2n) is 5.30. The summed E-state index contributed by atoms with van der Waals surface area (Å²) in [5, 5.41) is 10.9. The molecule has 3 heterocycles. The van der Waals surface area contributed by atoms with Crippen LogP contribution in [0.1, 0.15) is 13.2 Å². The van der Waals surface area contributed by atoms with Crippen LogP contribution in [0.25, 0.3) is 11.2 Å². The second-order valence-corrected chi connectivity index (χ2v) is 6.91. The quantitative estimate of drug-likeness (QED) is 0.298. The lowest BCUT2D eigenvalue weighted by atomic mass is 10.1. The summed E-state index contributed by atoms with van der Waals surface area (Å²) in [5.41, 5.74) is 0.762. The van der Waals surface area contributed by atoms with Gasteiger partial charge >= 0.3 is 7.82 Å². The Kier molecular flexibility index (Phi) is 5.42. The lowest BCUT2D eigenvalue weighted by molar-refractivity contribution is -0.0634. The molecule has 0 aliphatic carbocycles. The molecule has 0 spiro atoms. The summed E-state index contributed by atoms with van der Waals surface area (Å²) >= 11 is 4.19. The molecule has 3 N–H and O–H groups in total. The molecule has 0 unspecified atom stereocenters. The van der Waals surface area contributed by atoms with E-state index in [1.165, 1.54) is 17.2 Å². The number of aliphatic hydroxyl groups excluding tert-OH is 1. The summed E-state index contributed by atoms with van der Waals surface area (Å²) < 4.78 is 28.3. The van der Waals surface area contributed by atoms with Crippen LogP contribution >= 0.6 is 20.5 Å². The van der Waals surface area contributed by atoms with E-state index in [1.54, 1.807) is 6.92 Å². The van der Waals surface area contributed by atoms with Crippen molar-refractivity contribution in [3.8, 4) is 0 Å². The number of fused-ring (bicyclic) bond motifs is 1. The molecule has 4 atom stereocenters. The van der Waals surface area contributed by atoms with Gasteiger partial charge in [-0.1, -0.05) is 0 Å². The van der Waals surface area contributed by atoms with Gasteiger partial charge < -0.3 is 24.4 Å². The third-order valence-electron chi connectivity index (χ3n) is 3.67. The lowest BCUT2D eigenvalue weighted by Crippen LogP contribution is -2.36. The van der Waals surface area contributed by atoms with Crippen LogP contribution in [-0.2, 0) is 18.6 Å². The topological polar surface area (TPSA) is 149 Å². The molecule has 0 saturated carbocycles. The smallest absolute Gasteiger partial charge is 0.386 e. The average molecular weight is 392 g/mol. The third-order valence-corrected chi connectivity index (χ3v) is 4.51. The molecule has 1 fully saturated rings. The summed E-state index contributed by atoms with van der Waals surface area (Å²) in [6.45, 7) is 2.12. The van der Waals surface area contributed by atoms with Crippen LogP contribution < -0.4 is 0 Å². The number of ether oxygens (including phenoxy) is 2. The summed E-state index contributed by atoms with van der Waals surface area (Å²) in [6.07, 6.45) is -1.91. The first-order chi connectivity index (χ1) is 11.8. The van der Waals surface area contributed by atoms with E-state index >= 15 is 0 Å². The Balaban J connectivity index is 1.93. The molecule has 3 rings (SSSR count). The van der Waals surface area contributed by atoms with Crippen molar-refractivity contribution in [2.75, 3.05) is 13.2 Å². The van der Waals surface area contributed by atoms with Crippen molar-refractivity contribution in [2.24, 2.45) is 0 Å². The number of aliphatic hydroxyl groups is 1. The average Bonchev–Trinajstić information content (AvgIpc) is 3.08. The molecule has 1 aliphatic rings. The van der Waals surface area contributed by atoms with E-state index in [0.717, 1.165) is 0 Å². The number of hydrogen-bond donors (Lipinski definition) is 4. The highest BCUT2D eigenvalue weighted by molar-refractivity contribution is 7.80. The van der Waals surface area contributed by atoms with Gasteiger partial charge in [-0.25, -0.2) is 19.5 Å². The van der Waals surface area contributed by atoms with Crippen LogP contribution in [0.3, 0.4) is 0 Å². The van der Waals surface area contributed by atoms with Gasteiger partial charge in [0, 0.05) is 6.61 Å². The van der Waals surface area contributed by atoms with Gasteiger partial charge in [0.05, 0.1) is 12.9 Å². The van der Waals surface area contributed by atoms with Gasteiger partial charge in [0.1, 0.15) is 35.2 Å². The van der Waals surface area contributed by atoms with Gasteiger partial charge in [0.2, 0.25) is 0 Å². The van der Waals surface area contributed by atoms with E-state index in [-0.39, 0.29) is 6.61 Å². The van der Waals surface area contributed by atoms with Gasteiger partial charge in [-0.05, 0) is 6.92 Å². The zero-order valence-electron chi connectivity index (χ0n) is 13.0. The van der Waals surface area contributed by atoms with Crippen molar-refractivity contribution in [1.29, 1.82) is 0 Å². The zero-order valence-corrected chi connectivity index (χ0v) is 14.8. The Morgan fingerprint density at radius 1 is 1.40 bits per heavy atom. The number of aromatic nitrogens is 4. The predicted molar refractivity (Wildman–Crippen MR) is 85.9 cm³/mol. The maximum atomic E-state index is 11.2. The largest absolute Gasteiger partial charge is 0.470 e. The van der Waals surface area contributed by atoms with Gasteiger partial charge in [0.15, 0.2) is 11.9 Å². The molecule has 11 nitrogen and oxygen atoms in total.